The average Bonchev–Trinajstić information content (AvgIpc) is 2.94. The van der Waals surface area contributed by atoms with E-state index in [1.165, 1.54) is 14.2 Å². The van der Waals surface area contributed by atoms with Crippen molar-refractivity contribution in [2.75, 3.05) is 31.8 Å². The quantitative estimate of drug-likeness (QED) is 0.592. The minimum absolute atomic E-state index is 0.175. The van der Waals surface area contributed by atoms with E-state index >= 15 is 0 Å². The maximum atomic E-state index is 12.8. The Hall–Kier alpha value is -2.98. The van der Waals surface area contributed by atoms with Crippen LogP contribution in [0.25, 0.3) is 0 Å². The van der Waals surface area contributed by atoms with Crippen molar-refractivity contribution in [3.05, 3.63) is 46.9 Å². The topological polar surface area (TPSA) is 97.4 Å². The molecule has 1 aromatic carbocycles. The van der Waals surface area contributed by atoms with Crippen LogP contribution in [0.5, 0.6) is 11.5 Å². The lowest BCUT2D eigenvalue weighted by Gasteiger charge is -2.08. The average molecular weight is 343 g/mol. The van der Waals surface area contributed by atoms with Crippen LogP contribution in [0.4, 0.5) is 10.7 Å². The first-order valence-corrected chi connectivity index (χ1v) is 7.82. The molecule has 0 unspecified atom stereocenters. The van der Waals surface area contributed by atoms with E-state index in [1.54, 1.807) is 24.3 Å². The van der Waals surface area contributed by atoms with Gasteiger partial charge in [-0.25, -0.2) is 0 Å². The third kappa shape index (κ3) is 3.19. The van der Waals surface area contributed by atoms with Crippen molar-refractivity contribution >= 4 is 27.8 Å². The van der Waals surface area contributed by atoms with Crippen LogP contribution in [-0.4, -0.2) is 26.5 Å². The zero-order valence-electron chi connectivity index (χ0n) is 13.4. The third-order valence-corrected chi connectivity index (χ3v) is 4.48. The first-order chi connectivity index (χ1) is 11.6. The first-order valence-electron chi connectivity index (χ1n) is 7.01. The minimum atomic E-state index is -0.276. The van der Waals surface area contributed by atoms with Gasteiger partial charge in [0.25, 0.3) is 0 Å². The largest absolute Gasteiger partial charge is 0.493 e. The van der Waals surface area contributed by atoms with Crippen molar-refractivity contribution in [1.82, 2.24) is 0 Å². The second kappa shape index (κ2) is 7.53. The van der Waals surface area contributed by atoms with Gasteiger partial charge in [0, 0.05) is 12.1 Å². The lowest BCUT2D eigenvalue weighted by Crippen LogP contribution is -2.03. The standard InChI is InChI=1S/C17H17N3O3S/c1-4-7-20-17-11(9-18)14(19)16(24-17)15(21)10-5-6-12(22-2)13(8-10)23-3/h4-6,8,20H,1,7,19H2,2-3H3. The summed E-state index contributed by atoms with van der Waals surface area (Å²) >= 11 is 1.15. The molecule has 0 atom stereocenters. The summed E-state index contributed by atoms with van der Waals surface area (Å²) in [4.78, 5) is 13.1. The molecule has 2 aromatic rings. The van der Waals surface area contributed by atoms with Gasteiger partial charge in [0.15, 0.2) is 11.5 Å². The molecule has 1 heterocycles. The van der Waals surface area contributed by atoms with E-state index in [4.69, 9.17) is 15.2 Å². The Balaban J connectivity index is 2.45. The second-order valence-electron chi connectivity index (χ2n) is 4.73. The number of hydrogen-bond donors (Lipinski definition) is 2. The fraction of sp³-hybridized carbons (Fsp3) is 0.176. The Labute approximate surface area is 144 Å². The van der Waals surface area contributed by atoms with Crippen LogP contribution >= 0.6 is 11.3 Å². The number of nitriles is 1. The molecule has 0 fully saturated rings. The van der Waals surface area contributed by atoms with Gasteiger partial charge < -0.3 is 20.5 Å². The van der Waals surface area contributed by atoms with Crippen LogP contribution in [-0.2, 0) is 0 Å². The van der Waals surface area contributed by atoms with E-state index in [2.05, 4.69) is 11.9 Å². The molecular weight excluding hydrogens is 326 g/mol. The summed E-state index contributed by atoms with van der Waals surface area (Å²) < 4.78 is 10.4. The fourth-order valence-electron chi connectivity index (χ4n) is 2.12. The van der Waals surface area contributed by atoms with Gasteiger partial charge >= 0.3 is 0 Å². The van der Waals surface area contributed by atoms with E-state index in [0.29, 0.717) is 33.5 Å². The molecule has 0 bridgehead atoms. The van der Waals surface area contributed by atoms with E-state index in [0.717, 1.165) is 11.3 Å². The molecule has 1 aromatic heterocycles. The number of anilines is 2. The van der Waals surface area contributed by atoms with Crippen molar-refractivity contribution in [2.24, 2.45) is 0 Å². The molecule has 0 aliphatic heterocycles. The maximum absolute atomic E-state index is 12.8. The molecule has 3 N–H and O–H groups in total. The van der Waals surface area contributed by atoms with Crippen LogP contribution in [0.3, 0.4) is 0 Å². The summed E-state index contributed by atoms with van der Waals surface area (Å²) in [5, 5.41) is 12.9. The number of carbonyl (C=O) groups excluding carboxylic acids is 1. The SMILES string of the molecule is C=CCNc1sc(C(=O)c2ccc(OC)c(OC)c2)c(N)c1C#N. The van der Waals surface area contributed by atoms with Crippen LogP contribution in [0.1, 0.15) is 20.8 Å². The van der Waals surface area contributed by atoms with Crippen LogP contribution < -0.4 is 20.5 Å². The van der Waals surface area contributed by atoms with E-state index in [9.17, 15) is 10.1 Å². The fourth-order valence-corrected chi connectivity index (χ4v) is 3.16. The molecule has 0 amide bonds. The minimum Gasteiger partial charge on any atom is -0.493 e. The first kappa shape index (κ1) is 17.4. The molecular formula is C17H17N3O3S. The van der Waals surface area contributed by atoms with Gasteiger partial charge in [0.05, 0.1) is 19.9 Å². The second-order valence-corrected chi connectivity index (χ2v) is 5.75. The Morgan fingerprint density at radius 3 is 2.71 bits per heavy atom. The van der Waals surface area contributed by atoms with Crippen molar-refractivity contribution in [3.63, 3.8) is 0 Å². The van der Waals surface area contributed by atoms with Crippen LogP contribution in [0.15, 0.2) is 30.9 Å². The molecule has 0 radical (unpaired) electrons. The summed E-state index contributed by atoms with van der Waals surface area (Å²) in [6.45, 7) is 4.08. The predicted molar refractivity (Wildman–Crippen MR) is 95.1 cm³/mol. The number of nitrogens with two attached hydrogens (primary N) is 1. The summed E-state index contributed by atoms with van der Waals surface area (Å²) in [5.74, 6) is 0.699. The lowest BCUT2D eigenvalue weighted by molar-refractivity contribution is 0.104. The highest BCUT2D eigenvalue weighted by molar-refractivity contribution is 7.19. The Bertz CT molecular complexity index is 821. The summed E-state index contributed by atoms with van der Waals surface area (Å²) in [6, 6.07) is 6.90. The number of ether oxygens (including phenoxy) is 2. The monoisotopic (exact) mass is 343 g/mol. The highest BCUT2D eigenvalue weighted by Crippen LogP contribution is 2.37. The van der Waals surface area contributed by atoms with E-state index < -0.39 is 0 Å². The Kier molecular flexibility index (Phi) is 5.45. The maximum Gasteiger partial charge on any atom is 0.205 e. The summed E-state index contributed by atoms with van der Waals surface area (Å²) in [7, 11) is 3.02. The van der Waals surface area contributed by atoms with Gasteiger partial charge in [0.2, 0.25) is 5.78 Å². The van der Waals surface area contributed by atoms with Crippen molar-refractivity contribution in [1.29, 1.82) is 5.26 Å². The van der Waals surface area contributed by atoms with Gasteiger partial charge in [0.1, 0.15) is 21.5 Å². The van der Waals surface area contributed by atoms with Gasteiger partial charge in [-0.2, -0.15) is 5.26 Å². The van der Waals surface area contributed by atoms with E-state index in [-0.39, 0.29) is 17.0 Å². The van der Waals surface area contributed by atoms with Crippen molar-refractivity contribution in [3.8, 4) is 17.6 Å². The zero-order chi connectivity index (χ0) is 17.7. The van der Waals surface area contributed by atoms with Crippen LogP contribution in [0, 0.1) is 11.3 Å². The molecule has 7 heteroatoms. The molecule has 0 spiro atoms. The third-order valence-electron chi connectivity index (χ3n) is 3.32. The molecule has 2 rings (SSSR count). The lowest BCUT2D eigenvalue weighted by atomic mass is 10.1. The van der Waals surface area contributed by atoms with E-state index in [1.807, 2.05) is 6.07 Å². The number of benzene rings is 1. The number of hydrogen-bond acceptors (Lipinski definition) is 7. The summed E-state index contributed by atoms with van der Waals surface area (Å²) in [5.41, 5.74) is 6.84. The van der Waals surface area contributed by atoms with Gasteiger partial charge in [-0.3, -0.25) is 4.79 Å². The number of nitrogens with zero attached hydrogens (tertiary/aromatic N) is 1. The number of nitrogens with one attached hydrogen (secondary N) is 1. The van der Waals surface area contributed by atoms with Gasteiger partial charge in [-0.05, 0) is 18.2 Å². The van der Waals surface area contributed by atoms with Crippen molar-refractivity contribution in [2.45, 2.75) is 0 Å². The molecule has 0 saturated carbocycles. The van der Waals surface area contributed by atoms with Crippen LogP contribution in [0.2, 0.25) is 0 Å². The highest BCUT2D eigenvalue weighted by Gasteiger charge is 2.22. The number of ketones is 1. The molecule has 0 aliphatic rings. The highest BCUT2D eigenvalue weighted by atomic mass is 32.1. The van der Waals surface area contributed by atoms with Gasteiger partial charge in [-0.1, -0.05) is 6.08 Å². The molecule has 0 saturated heterocycles. The number of rotatable bonds is 7. The zero-order valence-corrected chi connectivity index (χ0v) is 14.2. The van der Waals surface area contributed by atoms with Gasteiger partial charge in [-0.15, -0.1) is 17.9 Å². The summed E-state index contributed by atoms with van der Waals surface area (Å²) in [6.07, 6.45) is 1.66. The number of nitrogen functional groups attached to an aromatic ring is 1. The van der Waals surface area contributed by atoms with Crippen molar-refractivity contribution < 1.29 is 14.3 Å². The molecule has 124 valence electrons. The normalized spacial score (nSPS) is 9.88. The Morgan fingerprint density at radius 2 is 2.12 bits per heavy atom. The Morgan fingerprint density at radius 1 is 1.42 bits per heavy atom. The number of thiophene rings is 1. The number of carbonyl (C=O) groups is 1. The molecule has 6 nitrogen and oxygen atoms in total. The smallest absolute Gasteiger partial charge is 0.205 e. The molecule has 0 aliphatic carbocycles. The predicted octanol–water partition coefficient (Wildman–Crippen LogP) is 3.05. The molecule has 24 heavy (non-hydrogen) atoms. The number of methoxy groups -OCH3 is 2.